The maximum atomic E-state index is 13.8. The van der Waals surface area contributed by atoms with Crippen LogP contribution in [-0.4, -0.2) is 34.5 Å². The molecular formula is C30H34FNO4S. The second-order valence-electron chi connectivity index (χ2n) is 11.4. The average molecular weight is 524 g/mol. The second-order valence-corrected chi connectivity index (χ2v) is 12.3. The molecule has 7 heteroatoms. The van der Waals surface area contributed by atoms with Gasteiger partial charge in [-0.05, 0) is 88.3 Å². The SMILES string of the molecule is CC(C)(C)OC(=O)CC1CC(/C=C/c2c(C3CC3)cc3scnc3c2-c2ccc(F)cc2)OC(C)(C)O1. The van der Waals surface area contributed by atoms with Crippen LogP contribution in [0.4, 0.5) is 4.39 Å². The molecule has 2 aliphatic rings. The molecule has 5 rings (SSSR count). The number of hydrogen-bond acceptors (Lipinski definition) is 6. The fourth-order valence-electron chi connectivity index (χ4n) is 5.02. The first-order valence-electron chi connectivity index (χ1n) is 12.9. The maximum absolute atomic E-state index is 13.8. The standard InChI is InChI=1S/C30H34FNO4S/c1-29(2,3)36-26(33)15-22-14-21(34-30(4,5)35-22)12-13-23-24(18-6-7-18)16-25-28(32-17-37-25)27(23)19-8-10-20(31)11-9-19/h8-13,16-18,21-22H,6-7,14-15H2,1-5H3/b13-12+. The van der Waals surface area contributed by atoms with Crippen LogP contribution in [0, 0.1) is 5.82 Å². The van der Waals surface area contributed by atoms with Gasteiger partial charge >= 0.3 is 5.97 Å². The van der Waals surface area contributed by atoms with Gasteiger partial charge < -0.3 is 14.2 Å². The molecule has 5 nitrogen and oxygen atoms in total. The molecule has 1 aromatic heterocycles. The van der Waals surface area contributed by atoms with Gasteiger partial charge in [0.1, 0.15) is 11.4 Å². The van der Waals surface area contributed by atoms with Gasteiger partial charge in [0.05, 0.1) is 34.4 Å². The molecule has 1 saturated carbocycles. The van der Waals surface area contributed by atoms with Crippen molar-refractivity contribution in [3.63, 3.8) is 0 Å². The van der Waals surface area contributed by atoms with E-state index < -0.39 is 11.4 Å². The van der Waals surface area contributed by atoms with Crippen molar-refractivity contribution in [2.75, 3.05) is 0 Å². The Morgan fingerprint density at radius 3 is 2.62 bits per heavy atom. The highest BCUT2D eigenvalue weighted by Gasteiger charge is 2.36. The Kier molecular flexibility index (Phi) is 6.98. The van der Waals surface area contributed by atoms with Crippen molar-refractivity contribution >= 4 is 33.6 Å². The smallest absolute Gasteiger partial charge is 0.308 e. The van der Waals surface area contributed by atoms with E-state index in [2.05, 4.69) is 23.2 Å². The largest absolute Gasteiger partial charge is 0.460 e. The Labute approximate surface area is 221 Å². The van der Waals surface area contributed by atoms with Crippen molar-refractivity contribution in [1.29, 1.82) is 0 Å². The van der Waals surface area contributed by atoms with E-state index in [9.17, 15) is 9.18 Å². The van der Waals surface area contributed by atoms with Crippen LogP contribution in [0.1, 0.15) is 77.3 Å². The summed E-state index contributed by atoms with van der Waals surface area (Å²) in [5.74, 6) is -0.862. The molecule has 37 heavy (non-hydrogen) atoms. The van der Waals surface area contributed by atoms with Crippen molar-refractivity contribution in [3.8, 4) is 11.1 Å². The summed E-state index contributed by atoms with van der Waals surface area (Å²) >= 11 is 1.63. The molecule has 0 bridgehead atoms. The lowest BCUT2D eigenvalue weighted by molar-refractivity contribution is -0.290. The zero-order chi connectivity index (χ0) is 26.4. The summed E-state index contributed by atoms with van der Waals surface area (Å²) in [7, 11) is 0. The molecule has 2 fully saturated rings. The molecule has 0 spiro atoms. The number of fused-ring (bicyclic) bond motifs is 1. The highest BCUT2D eigenvalue weighted by atomic mass is 32.1. The van der Waals surface area contributed by atoms with Crippen LogP contribution in [0.25, 0.3) is 27.4 Å². The van der Waals surface area contributed by atoms with E-state index in [1.807, 2.05) is 52.3 Å². The predicted octanol–water partition coefficient (Wildman–Crippen LogP) is 7.64. The first-order chi connectivity index (χ1) is 17.5. The molecule has 0 amide bonds. The summed E-state index contributed by atoms with van der Waals surface area (Å²) in [4.78, 5) is 17.2. The lowest BCUT2D eigenvalue weighted by atomic mass is 9.91. The fraction of sp³-hybridized carbons (Fsp3) is 0.467. The molecular weight excluding hydrogens is 489 g/mol. The molecule has 1 aliphatic carbocycles. The van der Waals surface area contributed by atoms with Gasteiger partial charge in [0.25, 0.3) is 0 Å². The van der Waals surface area contributed by atoms with Gasteiger partial charge in [0.15, 0.2) is 5.79 Å². The second kappa shape index (κ2) is 9.93. The molecule has 1 saturated heterocycles. The highest BCUT2D eigenvalue weighted by molar-refractivity contribution is 7.16. The Morgan fingerprint density at radius 2 is 1.95 bits per heavy atom. The zero-order valence-corrected chi connectivity index (χ0v) is 22.9. The topological polar surface area (TPSA) is 57.7 Å². The fourth-order valence-corrected chi connectivity index (χ4v) is 5.75. The average Bonchev–Trinajstić information content (AvgIpc) is 3.52. The quantitative estimate of drug-likeness (QED) is 0.311. The number of rotatable bonds is 6. The lowest BCUT2D eigenvalue weighted by Crippen LogP contribution is -2.45. The van der Waals surface area contributed by atoms with Crippen LogP contribution >= 0.6 is 11.3 Å². The number of ether oxygens (including phenoxy) is 3. The van der Waals surface area contributed by atoms with E-state index in [1.165, 1.54) is 17.7 Å². The van der Waals surface area contributed by atoms with Crippen LogP contribution < -0.4 is 0 Å². The number of esters is 1. The summed E-state index contributed by atoms with van der Waals surface area (Å²) in [5.41, 5.74) is 6.61. The summed E-state index contributed by atoms with van der Waals surface area (Å²) in [6.07, 6.45) is 6.68. The number of halogens is 1. The summed E-state index contributed by atoms with van der Waals surface area (Å²) in [5, 5.41) is 0. The molecule has 196 valence electrons. The molecule has 0 radical (unpaired) electrons. The number of carbonyl (C=O) groups is 1. The number of nitrogens with zero attached hydrogens (tertiary/aromatic N) is 1. The van der Waals surface area contributed by atoms with Gasteiger partial charge in [-0.25, -0.2) is 9.37 Å². The van der Waals surface area contributed by atoms with Crippen LogP contribution in [0.3, 0.4) is 0 Å². The lowest BCUT2D eigenvalue weighted by Gasteiger charge is -2.39. The summed E-state index contributed by atoms with van der Waals surface area (Å²) in [6, 6.07) is 8.90. The van der Waals surface area contributed by atoms with Crippen molar-refractivity contribution in [1.82, 2.24) is 4.98 Å². The number of thiazole rings is 1. The highest BCUT2D eigenvalue weighted by Crippen LogP contribution is 2.47. The van der Waals surface area contributed by atoms with E-state index in [0.29, 0.717) is 12.3 Å². The van der Waals surface area contributed by atoms with E-state index in [-0.39, 0.29) is 30.4 Å². The summed E-state index contributed by atoms with van der Waals surface area (Å²) in [6.45, 7) is 9.33. The van der Waals surface area contributed by atoms with Crippen molar-refractivity contribution in [2.24, 2.45) is 0 Å². The number of aromatic nitrogens is 1. The van der Waals surface area contributed by atoms with Crippen molar-refractivity contribution < 1.29 is 23.4 Å². The predicted molar refractivity (Wildman–Crippen MR) is 145 cm³/mol. The first kappa shape index (κ1) is 26.0. The minimum Gasteiger partial charge on any atom is -0.460 e. The number of benzene rings is 2. The Bertz CT molecular complexity index is 1320. The Balaban J connectivity index is 1.48. The molecule has 3 aromatic rings. The molecule has 2 heterocycles. The number of hydrogen-bond donors (Lipinski definition) is 0. The van der Waals surface area contributed by atoms with Gasteiger partial charge in [0.2, 0.25) is 0 Å². The van der Waals surface area contributed by atoms with Crippen molar-refractivity contribution in [3.05, 3.63) is 58.9 Å². The zero-order valence-electron chi connectivity index (χ0n) is 22.0. The minimum absolute atomic E-state index is 0.174. The third-order valence-corrected chi connectivity index (χ3v) is 7.30. The van der Waals surface area contributed by atoms with Gasteiger partial charge in [0, 0.05) is 12.0 Å². The van der Waals surface area contributed by atoms with E-state index in [1.54, 1.807) is 11.3 Å². The first-order valence-corrected chi connectivity index (χ1v) is 13.8. The van der Waals surface area contributed by atoms with E-state index in [4.69, 9.17) is 14.2 Å². The monoisotopic (exact) mass is 523 g/mol. The molecule has 1 aliphatic heterocycles. The molecule has 2 atom stereocenters. The van der Waals surface area contributed by atoms with Crippen LogP contribution in [0.2, 0.25) is 0 Å². The van der Waals surface area contributed by atoms with E-state index >= 15 is 0 Å². The molecule has 2 aromatic carbocycles. The van der Waals surface area contributed by atoms with Crippen molar-refractivity contribution in [2.45, 2.75) is 89.8 Å². The molecule has 0 N–H and O–H groups in total. The minimum atomic E-state index is -0.835. The van der Waals surface area contributed by atoms with Gasteiger partial charge in [-0.15, -0.1) is 11.3 Å². The van der Waals surface area contributed by atoms with Crippen LogP contribution in [-0.2, 0) is 19.0 Å². The van der Waals surface area contributed by atoms with Gasteiger partial charge in [-0.2, -0.15) is 0 Å². The number of carbonyl (C=O) groups excluding carboxylic acids is 1. The van der Waals surface area contributed by atoms with Crippen LogP contribution in [0.5, 0.6) is 0 Å². The van der Waals surface area contributed by atoms with Gasteiger partial charge in [-0.3, -0.25) is 4.79 Å². The maximum Gasteiger partial charge on any atom is 0.308 e. The molecule has 2 unspecified atom stereocenters. The van der Waals surface area contributed by atoms with Gasteiger partial charge in [-0.1, -0.05) is 24.3 Å². The third-order valence-electron chi connectivity index (χ3n) is 6.52. The normalized spacial score (nSPS) is 22.0. The van der Waals surface area contributed by atoms with E-state index in [0.717, 1.165) is 39.7 Å². The summed E-state index contributed by atoms with van der Waals surface area (Å²) < 4.78 is 32.7. The Morgan fingerprint density at radius 1 is 1.22 bits per heavy atom. The van der Waals surface area contributed by atoms with Crippen LogP contribution in [0.15, 0.2) is 41.9 Å². The third kappa shape index (κ3) is 6.28. The Hall–Kier alpha value is -2.61.